The normalized spacial score (nSPS) is 32.0. The van der Waals surface area contributed by atoms with Crippen LogP contribution in [-0.4, -0.2) is 50.1 Å². The molecule has 3 aliphatic heterocycles. The number of para-hydroxylation sites is 1. The number of fused-ring (bicyclic) bond motifs is 4. The van der Waals surface area contributed by atoms with Crippen LogP contribution < -0.4 is 5.32 Å². The smallest absolute Gasteiger partial charge is 0.337 e. The van der Waals surface area contributed by atoms with E-state index in [1.807, 2.05) is 18.2 Å². The van der Waals surface area contributed by atoms with Crippen molar-refractivity contribution in [1.82, 2.24) is 4.90 Å². The third kappa shape index (κ3) is 2.65. The van der Waals surface area contributed by atoms with Crippen LogP contribution in [-0.2, 0) is 24.5 Å². The van der Waals surface area contributed by atoms with Crippen LogP contribution in [0.4, 0.5) is 5.69 Å². The van der Waals surface area contributed by atoms with Crippen molar-refractivity contribution in [2.75, 3.05) is 32.6 Å². The van der Waals surface area contributed by atoms with Gasteiger partial charge in [0.2, 0.25) is 5.91 Å². The van der Waals surface area contributed by atoms with Gasteiger partial charge in [-0.15, -0.1) is 0 Å². The topological polar surface area (TPSA) is 67.9 Å². The van der Waals surface area contributed by atoms with E-state index in [1.165, 1.54) is 13.4 Å². The van der Waals surface area contributed by atoms with E-state index in [0.29, 0.717) is 11.5 Å². The Morgan fingerprint density at radius 2 is 2.14 bits per heavy atom. The summed E-state index contributed by atoms with van der Waals surface area (Å²) >= 11 is 0. The predicted octanol–water partition coefficient (Wildman–Crippen LogP) is 2.70. The van der Waals surface area contributed by atoms with E-state index in [9.17, 15) is 9.59 Å². The summed E-state index contributed by atoms with van der Waals surface area (Å²) < 4.78 is 10.3. The molecular weight excluding hydrogens is 356 g/mol. The molecule has 6 heteroatoms. The second-order valence-electron chi connectivity index (χ2n) is 8.04. The first kappa shape index (κ1) is 19.0. The van der Waals surface area contributed by atoms with E-state index in [1.54, 1.807) is 7.11 Å². The Kier molecular flexibility index (Phi) is 4.91. The Balaban J connectivity index is 1.74. The first-order valence-electron chi connectivity index (χ1n) is 10.0. The SMILES string of the molecule is CC[C@@H]1CN2CC[C@]3(C(=O)Nc4ccccc43)[C@H]2C[C@@H]1/C(=C\OC)C(=O)OC. The van der Waals surface area contributed by atoms with Gasteiger partial charge in [-0.05, 0) is 42.9 Å². The van der Waals surface area contributed by atoms with Gasteiger partial charge in [-0.1, -0.05) is 31.5 Å². The lowest BCUT2D eigenvalue weighted by molar-refractivity contribution is -0.137. The highest BCUT2D eigenvalue weighted by atomic mass is 16.5. The molecule has 0 aromatic heterocycles. The monoisotopic (exact) mass is 384 g/mol. The molecule has 1 aromatic rings. The lowest BCUT2D eigenvalue weighted by Gasteiger charge is -2.45. The van der Waals surface area contributed by atoms with Crippen LogP contribution in [0.5, 0.6) is 0 Å². The van der Waals surface area contributed by atoms with E-state index >= 15 is 0 Å². The standard InChI is InChI=1S/C22H28N2O4/c1-4-14-12-24-10-9-22(17-7-5-6-8-18(17)23-21(22)26)19(24)11-15(14)16(13-27-2)20(25)28-3/h5-8,13-15,19H,4,9-12H2,1-3H3,(H,23,26)/b16-13+/t14-,15+,19-,22-/m1/s1. The molecule has 4 rings (SSSR count). The first-order chi connectivity index (χ1) is 13.6. The minimum absolute atomic E-state index is 0.00851. The van der Waals surface area contributed by atoms with Crippen molar-refractivity contribution in [3.63, 3.8) is 0 Å². The van der Waals surface area contributed by atoms with Crippen LogP contribution in [0.25, 0.3) is 0 Å². The Bertz CT molecular complexity index is 821. The summed E-state index contributed by atoms with van der Waals surface area (Å²) in [6.45, 7) is 3.93. The number of nitrogens with one attached hydrogen (secondary N) is 1. The average Bonchev–Trinajstić information content (AvgIpc) is 3.23. The maximum atomic E-state index is 13.2. The molecule has 28 heavy (non-hydrogen) atoms. The van der Waals surface area contributed by atoms with Gasteiger partial charge in [0.1, 0.15) is 0 Å². The maximum absolute atomic E-state index is 13.2. The molecule has 0 unspecified atom stereocenters. The van der Waals surface area contributed by atoms with Crippen molar-refractivity contribution < 1.29 is 19.1 Å². The third-order valence-electron chi connectivity index (χ3n) is 6.97. The van der Waals surface area contributed by atoms with Crippen LogP contribution in [0.2, 0.25) is 0 Å². The number of carbonyl (C=O) groups excluding carboxylic acids is 2. The minimum Gasteiger partial charge on any atom is -0.504 e. The average molecular weight is 384 g/mol. The summed E-state index contributed by atoms with van der Waals surface area (Å²) in [4.78, 5) is 28.1. The molecule has 2 fully saturated rings. The van der Waals surface area contributed by atoms with Crippen molar-refractivity contribution in [2.45, 2.75) is 37.6 Å². The molecule has 1 aromatic carbocycles. The fraction of sp³-hybridized carbons (Fsp3) is 0.545. The Morgan fingerprint density at radius 3 is 2.86 bits per heavy atom. The summed E-state index contributed by atoms with van der Waals surface area (Å²) in [5, 5.41) is 3.10. The molecule has 1 amide bonds. The van der Waals surface area contributed by atoms with Gasteiger partial charge in [-0.2, -0.15) is 0 Å². The molecular formula is C22H28N2O4. The number of esters is 1. The van der Waals surface area contributed by atoms with Gasteiger partial charge in [0, 0.05) is 18.3 Å². The molecule has 150 valence electrons. The molecule has 6 nitrogen and oxygen atoms in total. The van der Waals surface area contributed by atoms with E-state index in [4.69, 9.17) is 9.47 Å². The lowest BCUT2D eigenvalue weighted by atomic mass is 9.67. The molecule has 0 saturated carbocycles. The Morgan fingerprint density at radius 1 is 1.36 bits per heavy atom. The van der Waals surface area contributed by atoms with E-state index in [-0.39, 0.29) is 23.8 Å². The second-order valence-corrected chi connectivity index (χ2v) is 8.04. The van der Waals surface area contributed by atoms with E-state index in [2.05, 4.69) is 23.2 Å². The number of anilines is 1. The first-order valence-corrected chi connectivity index (χ1v) is 10.0. The molecule has 3 aliphatic rings. The van der Waals surface area contributed by atoms with Crippen LogP contribution in [0.3, 0.4) is 0 Å². The largest absolute Gasteiger partial charge is 0.504 e. The number of piperidine rings is 1. The summed E-state index contributed by atoms with van der Waals surface area (Å²) in [6, 6.07) is 8.07. The number of hydrogen-bond donors (Lipinski definition) is 1. The van der Waals surface area contributed by atoms with Crippen molar-refractivity contribution in [1.29, 1.82) is 0 Å². The number of hydrogen-bond acceptors (Lipinski definition) is 5. The van der Waals surface area contributed by atoms with Gasteiger partial charge in [0.05, 0.1) is 31.5 Å². The zero-order chi connectivity index (χ0) is 19.9. The highest BCUT2D eigenvalue weighted by Crippen LogP contribution is 2.53. The van der Waals surface area contributed by atoms with E-state index < -0.39 is 5.41 Å². The number of carbonyl (C=O) groups is 2. The summed E-state index contributed by atoms with van der Waals surface area (Å²) in [5.74, 6) is 0.0769. The van der Waals surface area contributed by atoms with Crippen molar-refractivity contribution >= 4 is 17.6 Å². The number of benzene rings is 1. The Labute approximate surface area is 165 Å². The highest BCUT2D eigenvalue weighted by molar-refractivity contribution is 6.07. The van der Waals surface area contributed by atoms with Gasteiger partial charge in [0.25, 0.3) is 0 Å². The van der Waals surface area contributed by atoms with Gasteiger partial charge >= 0.3 is 5.97 Å². The number of rotatable bonds is 4. The highest BCUT2D eigenvalue weighted by Gasteiger charge is 2.60. The predicted molar refractivity (Wildman–Crippen MR) is 106 cm³/mol. The Hall–Kier alpha value is -2.34. The fourth-order valence-corrected chi connectivity index (χ4v) is 5.63. The molecule has 3 heterocycles. The number of methoxy groups -OCH3 is 2. The lowest BCUT2D eigenvalue weighted by Crippen LogP contribution is -2.53. The molecule has 0 radical (unpaired) electrons. The molecule has 2 saturated heterocycles. The molecule has 0 aliphatic carbocycles. The fourth-order valence-electron chi connectivity index (χ4n) is 5.63. The zero-order valence-corrected chi connectivity index (χ0v) is 16.7. The maximum Gasteiger partial charge on any atom is 0.337 e. The second kappa shape index (κ2) is 7.24. The minimum atomic E-state index is -0.540. The van der Waals surface area contributed by atoms with Crippen molar-refractivity contribution in [3.8, 4) is 0 Å². The molecule has 1 N–H and O–H groups in total. The van der Waals surface area contributed by atoms with Gasteiger partial charge < -0.3 is 14.8 Å². The van der Waals surface area contributed by atoms with Crippen LogP contribution in [0, 0.1) is 11.8 Å². The quantitative estimate of drug-likeness (QED) is 0.491. The summed E-state index contributed by atoms with van der Waals surface area (Å²) in [5.41, 5.74) is 2.05. The number of nitrogens with zero attached hydrogens (tertiary/aromatic N) is 1. The molecule has 4 atom stereocenters. The number of ether oxygens (including phenoxy) is 2. The van der Waals surface area contributed by atoms with Gasteiger partial charge in [-0.25, -0.2) is 4.79 Å². The summed E-state index contributed by atoms with van der Waals surface area (Å²) in [7, 11) is 2.95. The van der Waals surface area contributed by atoms with Crippen LogP contribution in [0.15, 0.2) is 36.1 Å². The third-order valence-corrected chi connectivity index (χ3v) is 6.97. The summed E-state index contributed by atoms with van der Waals surface area (Å²) in [6.07, 6.45) is 4.04. The molecule has 1 spiro atoms. The molecule has 0 bridgehead atoms. The van der Waals surface area contributed by atoms with Crippen molar-refractivity contribution in [2.24, 2.45) is 11.8 Å². The van der Waals surface area contributed by atoms with Gasteiger partial charge in [0.15, 0.2) is 0 Å². The van der Waals surface area contributed by atoms with Crippen LogP contribution in [0.1, 0.15) is 31.7 Å². The van der Waals surface area contributed by atoms with E-state index in [0.717, 1.165) is 43.6 Å². The number of amides is 1. The van der Waals surface area contributed by atoms with Crippen molar-refractivity contribution in [3.05, 3.63) is 41.7 Å². The zero-order valence-electron chi connectivity index (χ0n) is 16.7. The van der Waals surface area contributed by atoms with Crippen LogP contribution >= 0.6 is 0 Å². The van der Waals surface area contributed by atoms with Gasteiger partial charge in [-0.3, -0.25) is 9.69 Å².